The Morgan fingerprint density at radius 3 is 2.00 bits per heavy atom. The third-order valence-electron chi connectivity index (χ3n) is 3.50. The zero-order chi connectivity index (χ0) is 14.9. The minimum atomic E-state index is -0.543. The van der Waals surface area contributed by atoms with Crippen LogP contribution in [0.25, 0.3) is 0 Å². The van der Waals surface area contributed by atoms with Crippen molar-refractivity contribution in [2.45, 2.75) is 32.6 Å². The minimum absolute atomic E-state index is 0.0480. The van der Waals surface area contributed by atoms with Crippen LogP contribution in [0.15, 0.2) is 30.3 Å². The molecule has 0 nitrogen and oxygen atoms in total. The van der Waals surface area contributed by atoms with E-state index in [1.165, 1.54) is 18.2 Å². The molecule has 0 saturated heterocycles. The molecule has 0 bridgehead atoms. The van der Waals surface area contributed by atoms with Crippen LogP contribution in [0.5, 0.6) is 0 Å². The Labute approximate surface area is 123 Å². The second kappa shape index (κ2) is 5.92. The van der Waals surface area contributed by atoms with E-state index in [4.69, 9.17) is 11.6 Å². The van der Waals surface area contributed by atoms with Gasteiger partial charge in [-0.2, -0.15) is 0 Å². The second-order valence-corrected chi connectivity index (χ2v) is 5.71. The van der Waals surface area contributed by atoms with E-state index >= 15 is 0 Å². The number of alkyl halides is 1. The van der Waals surface area contributed by atoms with E-state index in [9.17, 15) is 8.78 Å². The Hall–Kier alpha value is -1.41. The highest BCUT2D eigenvalue weighted by Gasteiger charge is 2.18. The quantitative estimate of drug-likeness (QED) is 0.664. The smallest absolute Gasteiger partial charge is 0.129 e. The van der Waals surface area contributed by atoms with E-state index in [-0.39, 0.29) is 12.0 Å². The van der Waals surface area contributed by atoms with Crippen molar-refractivity contribution in [3.05, 3.63) is 69.8 Å². The summed E-state index contributed by atoms with van der Waals surface area (Å²) in [6, 6.07) is 7.96. The first-order valence-electron chi connectivity index (χ1n) is 6.55. The number of hydrogen-bond donors (Lipinski definition) is 0. The van der Waals surface area contributed by atoms with Crippen LogP contribution in [-0.4, -0.2) is 0 Å². The number of rotatable bonds is 3. The van der Waals surface area contributed by atoms with E-state index in [0.717, 1.165) is 22.3 Å². The van der Waals surface area contributed by atoms with Gasteiger partial charge in [0, 0.05) is 5.56 Å². The third-order valence-corrected chi connectivity index (χ3v) is 3.87. The molecule has 0 aromatic heterocycles. The van der Waals surface area contributed by atoms with Crippen molar-refractivity contribution < 1.29 is 8.78 Å². The molecule has 106 valence electrons. The summed E-state index contributed by atoms with van der Waals surface area (Å²) in [4.78, 5) is 0. The second-order valence-electron chi connectivity index (χ2n) is 5.18. The highest BCUT2D eigenvalue weighted by atomic mass is 35.5. The average molecular weight is 295 g/mol. The summed E-state index contributed by atoms with van der Waals surface area (Å²) in [5.41, 5.74) is 4.27. The fourth-order valence-electron chi connectivity index (χ4n) is 2.69. The molecule has 2 aromatic carbocycles. The van der Waals surface area contributed by atoms with Crippen LogP contribution in [0.1, 0.15) is 33.2 Å². The van der Waals surface area contributed by atoms with Crippen LogP contribution in [0.4, 0.5) is 8.78 Å². The molecule has 1 atom stereocenters. The zero-order valence-electron chi connectivity index (χ0n) is 11.8. The van der Waals surface area contributed by atoms with Crippen molar-refractivity contribution in [2.75, 3.05) is 0 Å². The summed E-state index contributed by atoms with van der Waals surface area (Å²) in [7, 11) is 0. The van der Waals surface area contributed by atoms with Gasteiger partial charge in [-0.3, -0.25) is 0 Å². The Bertz CT molecular complexity index is 592. The maximum atomic E-state index is 13.7. The molecule has 0 radical (unpaired) electrons. The van der Waals surface area contributed by atoms with Gasteiger partial charge in [-0.1, -0.05) is 23.8 Å². The molecule has 0 aliphatic carbocycles. The standard InChI is InChI=1S/C17H17ClF2/c1-10-7-11(2)17(12(3)8-10)14(18)9-13-15(19)5-4-6-16(13)20/h4-8,14H,9H2,1-3H3. The van der Waals surface area contributed by atoms with Gasteiger partial charge in [0.2, 0.25) is 0 Å². The molecule has 0 N–H and O–H groups in total. The predicted octanol–water partition coefficient (Wildman–Crippen LogP) is 5.41. The molecule has 2 aromatic rings. The molecule has 0 saturated carbocycles. The van der Waals surface area contributed by atoms with Gasteiger partial charge in [0.15, 0.2) is 0 Å². The molecule has 3 heteroatoms. The van der Waals surface area contributed by atoms with E-state index in [0.29, 0.717) is 0 Å². The third kappa shape index (κ3) is 3.01. The van der Waals surface area contributed by atoms with Crippen LogP contribution in [0.3, 0.4) is 0 Å². The van der Waals surface area contributed by atoms with Crippen molar-refractivity contribution in [3.63, 3.8) is 0 Å². The van der Waals surface area contributed by atoms with E-state index < -0.39 is 17.0 Å². The van der Waals surface area contributed by atoms with Gasteiger partial charge in [0.25, 0.3) is 0 Å². The molecule has 0 amide bonds. The summed E-state index contributed by atoms with van der Waals surface area (Å²) in [6.45, 7) is 5.97. The van der Waals surface area contributed by atoms with Crippen molar-refractivity contribution >= 4 is 11.6 Å². The molecule has 2 rings (SSSR count). The van der Waals surface area contributed by atoms with Gasteiger partial charge in [-0.25, -0.2) is 8.78 Å². The average Bonchev–Trinajstić information content (AvgIpc) is 2.32. The van der Waals surface area contributed by atoms with Gasteiger partial charge in [0.05, 0.1) is 5.38 Å². The summed E-state index contributed by atoms with van der Waals surface area (Å²) >= 11 is 6.41. The van der Waals surface area contributed by atoms with Gasteiger partial charge >= 0.3 is 0 Å². The summed E-state index contributed by atoms with van der Waals surface area (Å²) in [6.07, 6.45) is 0.144. The highest BCUT2D eigenvalue weighted by Crippen LogP contribution is 2.32. The zero-order valence-corrected chi connectivity index (χ0v) is 12.6. The van der Waals surface area contributed by atoms with Crippen molar-refractivity contribution in [2.24, 2.45) is 0 Å². The molecule has 0 aliphatic rings. The fraction of sp³-hybridized carbons (Fsp3) is 0.294. The summed E-state index contributed by atoms with van der Waals surface area (Å²) in [5.74, 6) is -1.09. The number of aryl methyl sites for hydroxylation is 3. The topological polar surface area (TPSA) is 0 Å². The summed E-state index contributed by atoms with van der Waals surface area (Å²) in [5, 5.41) is -0.443. The first-order chi connectivity index (χ1) is 9.40. The molecule has 1 unspecified atom stereocenters. The van der Waals surface area contributed by atoms with Crippen molar-refractivity contribution in [3.8, 4) is 0 Å². The number of benzene rings is 2. The lowest BCUT2D eigenvalue weighted by molar-refractivity contribution is 0.552. The number of hydrogen-bond acceptors (Lipinski definition) is 0. The first-order valence-corrected chi connectivity index (χ1v) is 6.98. The predicted molar refractivity (Wildman–Crippen MR) is 79.3 cm³/mol. The van der Waals surface area contributed by atoms with Gasteiger partial charge in [-0.15, -0.1) is 11.6 Å². The minimum Gasteiger partial charge on any atom is -0.207 e. The van der Waals surface area contributed by atoms with E-state index in [1.54, 1.807) is 0 Å². The molecule has 0 fully saturated rings. The Morgan fingerprint density at radius 1 is 1.00 bits per heavy atom. The Morgan fingerprint density at radius 2 is 1.50 bits per heavy atom. The number of halogens is 3. The lowest BCUT2D eigenvalue weighted by atomic mass is 9.94. The maximum Gasteiger partial charge on any atom is 0.129 e. The molecule has 20 heavy (non-hydrogen) atoms. The SMILES string of the molecule is Cc1cc(C)c(C(Cl)Cc2c(F)cccc2F)c(C)c1. The molecule has 0 heterocycles. The maximum absolute atomic E-state index is 13.7. The largest absolute Gasteiger partial charge is 0.207 e. The van der Waals surface area contributed by atoms with Gasteiger partial charge < -0.3 is 0 Å². The van der Waals surface area contributed by atoms with Gasteiger partial charge in [0.1, 0.15) is 11.6 Å². The molecule has 0 aliphatic heterocycles. The molecular weight excluding hydrogens is 278 g/mol. The fourth-order valence-corrected chi connectivity index (χ4v) is 3.19. The lowest BCUT2D eigenvalue weighted by Crippen LogP contribution is -2.05. The summed E-state index contributed by atoms with van der Waals surface area (Å²) < 4.78 is 27.4. The van der Waals surface area contributed by atoms with E-state index in [2.05, 4.69) is 0 Å². The van der Waals surface area contributed by atoms with Gasteiger partial charge in [-0.05, 0) is 56.0 Å². The normalized spacial score (nSPS) is 12.5. The first kappa shape index (κ1) is 15.0. The Kier molecular flexibility index (Phi) is 4.44. The van der Waals surface area contributed by atoms with Crippen molar-refractivity contribution in [1.82, 2.24) is 0 Å². The lowest BCUT2D eigenvalue weighted by Gasteiger charge is -2.17. The van der Waals surface area contributed by atoms with E-state index in [1.807, 2.05) is 32.9 Å². The monoisotopic (exact) mass is 294 g/mol. The Balaban J connectivity index is 2.36. The van der Waals surface area contributed by atoms with Crippen LogP contribution in [0, 0.1) is 32.4 Å². The van der Waals surface area contributed by atoms with Crippen LogP contribution in [0.2, 0.25) is 0 Å². The van der Waals surface area contributed by atoms with Crippen LogP contribution in [-0.2, 0) is 6.42 Å². The highest BCUT2D eigenvalue weighted by molar-refractivity contribution is 6.21. The molecule has 0 spiro atoms. The van der Waals surface area contributed by atoms with Crippen molar-refractivity contribution in [1.29, 1.82) is 0 Å². The van der Waals surface area contributed by atoms with Crippen LogP contribution >= 0.6 is 11.6 Å². The molecular formula is C17H17ClF2. The van der Waals surface area contributed by atoms with Crippen LogP contribution < -0.4 is 0 Å².